The Kier molecular flexibility index (Phi) is 4.34. The zero-order chi connectivity index (χ0) is 19.2. The minimum Gasteiger partial charge on any atom is -0.466 e. The monoisotopic (exact) mass is 382 g/mol. The molecule has 1 unspecified atom stereocenters. The average Bonchev–Trinajstić information content (AvgIpc) is 3.17. The summed E-state index contributed by atoms with van der Waals surface area (Å²) < 4.78 is 5.87. The fraction of sp³-hybridized carbons (Fsp3) is 0.400. The fourth-order valence-corrected chi connectivity index (χ4v) is 4.57. The van der Waals surface area contributed by atoms with Crippen LogP contribution in [0.4, 0.5) is 0 Å². The molecule has 1 N–H and O–H groups in total. The second-order valence-electron chi connectivity index (χ2n) is 7.81. The first-order valence-corrected chi connectivity index (χ1v) is 9.79. The average molecular weight is 382 g/mol. The number of nitrogens with one attached hydrogen (secondary N) is 1. The van der Waals surface area contributed by atoms with E-state index in [9.17, 15) is 4.79 Å². The van der Waals surface area contributed by atoms with E-state index in [4.69, 9.17) is 4.42 Å². The van der Waals surface area contributed by atoms with Crippen LogP contribution in [0, 0.1) is 19.3 Å². The number of thiazole rings is 1. The largest absolute Gasteiger partial charge is 0.466 e. The summed E-state index contributed by atoms with van der Waals surface area (Å²) in [6, 6.07) is 3.73. The van der Waals surface area contributed by atoms with Crippen LogP contribution in [0.5, 0.6) is 0 Å². The number of rotatable bonds is 3. The zero-order valence-corrected chi connectivity index (χ0v) is 16.7. The van der Waals surface area contributed by atoms with Gasteiger partial charge in [0.05, 0.1) is 11.7 Å². The number of furan rings is 1. The maximum Gasteiger partial charge on any atom is 0.263 e. The molecule has 0 radical (unpaired) electrons. The fourth-order valence-electron chi connectivity index (χ4n) is 3.65. The van der Waals surface area contributed by atoms with Crippen molar-refractivity contribution in [2.24, 2.45) is 5.41 Å². The topological polar surface area (TPSA) is 80.9 Å². The predicted molar refractivity (Wildman–Crippen MR) is 104 cm³/mol. The van der Waals surface area contributed by atoms with E-state index in [1.807, 2.05) is 19.9 Å². The molecule has 3 aromatic heterocycles. The maximum atomic E-state index is 13.0. The number of amides is 1. The third kappa shape index (κ3) is 3.51. The Bertz CT molecular complexity index is 991. The lowest BCUT2D eigenvalue weighted by atomic mass is 9.74. The number of aryl methyl sites for hydroxylation is 2. The van der Waals surface area contributed by atoms with Crippen molar-refractivity contribution in [3.8, 4) is 10.8 Å². The van der Waals surface area contributed by atoms with Crippen LogP contribution in [0.25, 0.3) is 10.8 Å². The molecule has 0 aromatic carbocycles. The van der Waals surface area contributed by atoms with Crippen LogP contribution in [0.15, 0.2) is 28.9 Å². The lowest BCUT2D eigenvalue weighted by Crippen LogP contribution is -2.36. The van der Waals surface area contributed by atoms with Crippen molar-refractivity contribution in [3.05, 3.63) is 52.2 Å². The first-order chi connectivity index (χ1) is 12.8. The van der Waals surface area contributed by atoms with E-state index in [-0.39, 0.29) is 17.4 Å². The van der Waals surface area contributed by atoms with Crippen LogP contribution in [0.3, 0.4) is 0 Å². The van der Waals surface area contributed by atoms with Gasteiger partial charge in [-0.3, -0.25) is 4.79 Å². The first-order valence-electron chi connectivity index (χ1n) is 8.97. The third-order valence-corrected chi connectivity index (χ3v) is 5.95. The summed E-state index contributed by atoms with van der Waals surface area (Å²) in [6.45, 7) is 8.20. The summed E-state index contributed by atoms with van der Waals surface area (Å²) in [5.41, 5.74) is 1.86. The number of hydrogen-bond acceptors (Lipinski definition) is 6. The van der Waals surface area contributed by atoms with Gasteiger partial charge < -0.3 is 9.73 Å². The maximum absolute atomic E-state index is 13.0. The molecule has 0 fully saturated rings. The van der Waals surface area contributed by atoms with Crippen LogP contribution < -0.4 is 5.32 Å². The number of hydrogen-bond donors (Lipinski definition) is 1. The van der Waals surface area contributed by atoms with E-state index >= 15 is 0 Å². The molecule has 1 aliphatic carbocycles. The van der Waals surface area contributed by atoms with Crippen molar-refractivity contribution in [3.63, 3.8) is 0 Å². The summed E-state index contributed by atoms with van der Waals surface area (Å²) in [6.07, 6.45) is 5.10. The van der Waals surface area contributed by atoms with E-state index in [0.29, 0.717) is 21.4 Å². The molecule has 0 saturated carbocycles. The highest BCUT2D eigenvalue weighted by Crippen LogP contribution is 2.42. The molecular weight excluding hydrogens is 360 g/mol. The lowest BCUT2D eigenvalue weighted by Gasteiger charge is -2.34. The Morgan fingerprint density at radius 2 is 2.04 bits per heavy atom. The standard InChI is InChI=1S/C20H22N4O2S/c1-11-8-13-14(9-20(3,4)10-15(13)26-11)24-18(25)16-12(2)23-19(27-16)17-21-6-5-7-22-17/h5-8,14H,9-10H2,1-4H3,(H,24,25). The molecule has 0 bridgehead atoms. The molecule has 1 aliphatic rings. The molecule has 140 valence electrons. The second-order valence-corrected chi connectivity index (χ2v) is 8.81. The molecule has 1 amide bonds. The molecule has 4 rings (SSSR count). The minimum absolute atomic E-state index is 0.0633. The van der Waals surface area contributed by atoms with E-state index < -0.39 is 0 Å². The van der Waals surface area contributed by atoms with Gasteiger partial charge in [0, 0.05) is 24.4 Å². The van der Waals surface area contributed by atoms with E-state index in [1.54, 1.807) is 18.5 Å². The van der Waals surface area contributed by atoms with Crippen LogP contribution in [-0.4, -0.2) is 20.9 Å². The summed E-state index contributed by atoms with van der Waals surface area (Å²) in [4.78, 5) is 26.5. The molecule has 3 aromatic rings. The van der Waals surface area contributed by atoms with Crippen molar-refractivity contribution in [2.45, 2.75) is 46.6 Å². The molecule has 27 heavy (non-hydrogen) atoms. The molecule has 3 heterocycles. The van der Waals surface area contributed by atoms with Gasteiger partial charge in [-0.05, 0) is 37.8 Å². The van der Waals surface area contributed by atoms with Gasteiger partial charge in [-0.2, -0.15) is 0 Å². The predicted octanol–water partition coefficient (Wildman–Crippen LogP) is 4.25. The number of carbonyl (C=O) groups excluding carboxylic acids is 1. The lowest BCUT2D eigenvalue weighted by molar-refractivity contribution is 0.0920. The second kappa shape index (κ2) is 6.56. The van der Waals surface area contributed by atoms with Crippen molar-refractivity contribution in [2.75, 3.05) is 0 Å². The van der Waals surface area contributed by atoms with E-state index in [1.165, 1.54) is 11.3 Å². The number of carbonyl (C=O) groups is 1. The number of aromatic nitrogens is 3. The summed E-state index contributed by atoms with van der Waals surface area (Å²) in [5.74, 6) is 2.29. The first kappa shape index (κ1) is 17.9. The van der Waals surface area contributed by atoms with Gasteiger partial charge >= 0.3 is 0 Å². The summed E-state index contributed by atoms with van der Waals surface area (Å²) in [7, 11) is 0. The minimum atomic E-state index is -0.111. The summed E-state index contributed by atoms with van der Waals surface area (Å²) >= 11 is 1.32. The SMILES string of the molecule is Cc1cc2c(o1)CC(C)(C)CC2NC(=O)c1sc(-c2ncccn2)nc1C. The van der Waals surface area contributed by atoms with Gasteiger partial charge in [-0.1, -0.05) is 13.8 Å². The van der Waals surface area contributed by atoms with Crippen molar-refractivity contribution < 1.29 is 9.21 Å². The molecule has 7 heteroatoms. The van der Waals surface area contributed by atoms with Gasteiger partial charge in [-0.25, -0.2) is 15.0 Å². The van der Waals surface area contributed by atoms with Crippen molar-refractivity contribution >= 4 is 17.2 Å². The van der Waals surface area contributed by atoms with Crippen LogP contribution >= 0.6 is 11.3 Å². The Balaban J connectivity index is 1.60. The Hall–Kier alpha value is -2.54. The van der Waals surface area contributed by atoms with Gasteiger partial charge in [0.15, 0.2) is 10.8 Å². The number of nitrogens with zero attached hydrogens (tertiary/aromatic N) is 3. The molecular formula is C20H22N4O2S. The van der Waals surface area contributed by atoms with Gasteiger partial charge in [0.25, 0.3) is 5.91 Å². The number of fused-ring (bicyclic) bond motifs is 1. The van der Waals surface area contributed by atoms with Gasteiger partial charge in [-0.15, -0.1) is 11.3 Å². The highest BCUT2D eigenvalue weighted by Gasteiger charge is 2.36. The highest BCUT2D eigenvalue weighted by atomic mass is 32.1. The summed E-state index contributed by atoms with van der Waals surface area (Å²) in [5, 5.41) is 3.85. The molecule has 0 spiro atoms. The van der Waals surface area contributed by atoms with Gasteiger partial charge in [0.1, 0.15) is 16.4 Å². The quantitative estimate of drug-likeness (QED) is 0.732. The van der Waals surface area contributed by atoms with Crippen LogP contribution in [-0.2, 0) is 6.42 Å². The van der Waals surface area contributed by atoms with Crippen LogP contribution in [0.1, 0.15) is 58.8 Å². The molecule has 1 atom stereocenters. The van der Waals surface area contributed by atoms with E-state index in [0.717, 1.165) is 29.9 Å². The molecule has 0 saturated heterocycles. The third-order valence-electron chi connectivity index (χ3n) is 4.80. The zero-order valence-electron chi connectivity index (χ0n) is 15.9. The molecule has 6 nitrogen and oxygen atoms in total. The molecule has 0 aliphatic heterocycles. The Labute approximate surface area is 162 Å². The van der Waals surface area contributed by atoms with Crippen LogP contribution in [0.2, 0.25) is 0 Å². The Morgan fingerprint density at radius 3 is 2.78 bits per heavy atom. The Morgan fingerprint density at radius 1 is 1.30 bits per heavy atom. The van der Waals surface area contributed by atoms with E-state index in [2.05, 4.69) is 34.1 Å². The highest BCUT2D eigenvalue weighted by molar-refractivity contribution is 7.17. The smallest absolute Gasteiger partial charge is 0.263 e. The van der Waals surface area contributed by atoms with Crippen molar-refractivity contribution in [1.29, 1.82) is 0 Å². The van der Waals surface area contributed by atoms with Gasteiger partial charge in [0.2, 0.25) is 0 Å². The van der Waals surface area contributed by atoms with Crippen molar-refractivity contribution in [1.82, 2.24) is 20.3 Å². The normalized spacial score (nSPS) is 18.1.